The SMILES string of the molecule is O[C@H]1CCN(Cc2coc(-c3ccc(F)cc3)n2)C1. The Labute approximate surface area is 110 Å². The van der Waals surface area contributed by atoms with Gasteiger partial charge in [-0.3, -0.25) is 4.90 Å². The third kappa shape index (κ3) is 2.83. The largest absolute Gasteiger partial charge is 0.444 e. The molecule has 5 heteroatoms. The molecule has 1 aliphatic rings. The van der Waals surface area contributed by atoms with Gasteiger partial charge in [0.2, 0.25) is 5.89 Å². The summed E-state index contributed by atoms with van der Waals surface area (Å²) < 4.78 is 18.2. The van der Waals surface area contributed by atoms with Crippen LogP contribution in [0.4, 0.5) is 4.39 Å². The Bertz CT molecular complexity index is 553. The Morgan fingerprint density at radius 1 is 1.37 bits per heavy atom. The van der Waals surface area contributed by atoms with Crippen LogP contribution in [0, 0.1) is 5.82 Å². The van der Waals surface area contributed by atoms with E-state index in [9.17, 15) is 9.50 Å². The van der Waals surface area contributed by atoms with Gasteiger partial charge >= 0.3 is 0 Å². The van der Waals surface area contributed by atoms with Crippen molar-refractivity contribution in [3.8, 4) is 11.5 Å². The van der Waals surface area contributed by atoms with Gasteiger partial charge in [-0.2, -0.15) is 0 Å². The molecule has 0 amide bonds. The Kier molecular flexibility index (Phi) is 3.31. The van der Waals surface area contributed by atoms with Crippen LogP contribution in [-0.4, -0.2) is 34.2 Å². The minimum absolute atomic E-state index is 0.233. The highest BCUT2D eigenvalue weighted by atomic mass is 19.1. The van der Waals surface area contributed by atoms with Gasteiger partial charge in [0.1, 0.15) is 12.1 Å². The molecule has 1 aromatic carbocycles. The summed E-state index contributed by atoms with van der Waals surface area (Å²) in [6.07, 6.45) is 2.19. The molecule has 2 heterocycles. The normalized spacial score (nSPS) is 20.0. The molecule has 1 aromatic heterocycles. The summed E-state index contributed by atoms with van der Waals surface area (Å²) in [5.41, 5.74) is 1.59. The second-order valence-corrected chi connectivity index (χ2v) is 4.83. The van der Waals surface area contributed by atoms with Crippen LogP contribution in [-0.2, 0) is 6.54 Å². The Morgan fingerprint density at radius 2 is 2.16 bits per heavy atom. The maximum atomic E-state index is 12.8. The Hall–Kier alpha value is -1.72. The van der Waals surface area contributed by atoms with Crippen molar-refractivity contribution in [1.82, 2.24) is 9.88 Å². The van der Waals surface area contributed by atoms with Gasteiger partial charge in [0, 0.05) is 25.2 Å². The molecule has 19 heavy (non-hydrogen) atoms. The molecule has 0 unspecified atom stereocenters. The van der Waals surface area contributed by atoms with Crippen molar-refractivity contribution in [1.29, 1.82) is 0 Å². The third-order valence-electron chi connectivity index (χ3n) is 3.28. The van der Waals surface area contributed by atoms with Gasteiger partial charge in [0.25, 0.3) is 0 Å². The third-order valence-corrected chi connectivity index (χ3v) is 3.28. The van der Waals surface area contributed by atoms with E-state index >= 15 is 0 Å². The average molecular weight is 262 g/mol. The van der Waals surface area contributed by atoms with Crippen LogP contribution in [0.25, 0.3) is 11.5 Å². The number of aliphatic hydroxyl groups excluding tert-OH is 1. The molecule has 3 rings (SSSR count). The highest BCUT2D eigenvalue weighted by molar-refractivity contribution is 5.52. The summed E-state index contributed by atoms with van der Waals surface area (Å²) in [6, 6.07) is 6.06. The smallest absolute Gasteiger partial charge is 0.226 e. The highest BCUT2D eigenvalue weighted by Gasteiger charge is 2.21. The number of nitrogens with zero attached hydrogens (tertiary/aromatic N) is 2. The number of halogens is 1. The first-order valence-corrected chi connectivity index (χ1v) is 6.31. The molecule has 100 valence electrons. The van der Waals surface area contributed by atoms with E-state index in [4.69, 9.17) is 4.42 Å². The van der Waals surface area contributed by atoms with Gasteiger partial charge in [-0.05, 0) is 30.7 Å². The standard InChI is InChI=1S/C14H15FN2O2/c15-11-3-1-10(2-4-11)14-16-12(9-19-14)7-17-6-5-13(18)8-17/h1-4,9,13,18H,5-8H2/t13-/m0/s1. The predicted molar refractivity (Wildman–Crippen MR) is 67.8 cm³/mol. The first-order valence-electron chi connectivity index (χ1n) is 6.31. The Balaban J connectivity index is 1.71. The van der Waals surface area contributed by atoms with Crippen LogP contribution >= 0.6 is 0 Å². The van der Waals surface area contributed by atoms with Gasteiger partial charge in [-0.15, -0.1) is 0 Å². The van der Waals surface area contributed by atoms with E-state index in [1.807, 2.05) is 0 Å². The van der Waals surface area contributed by atoms with E-state index in [0.717, 1.165) is 24.2 Å². The van der Waals surface area contributed by atoms with Crippen LogP contribution in [0.2, 0.25) is 0 Å². The highest BCUT2D eigenvalue weighted by Crippen LogP contribution is 2.20. The predicted octanol–water partition coefficient (Wildman–Crippen LogP) is 2.05. The van der Waals surface area contributed by atoms with Gasteiger partial charge in [0.15, 0.2) is 0 Å². The molecule has 2 aromatic rings. The molecule has 0 aliphatic carbocycles. The molecule has 1 aliphatic heterocycles. The molecular formula is C14H15FN2O2. The van der Waals surface area contributed by atoms with Crippen LogP contribution in [0.5, 0.6) is 0 Å². The number of benzene rings is 1. The lowest BCUT2D eigenvalue weighted by Crippen LogP contribution is -2.21. The zero-order valence-electron chi connectivity index (χ0n) is 10.4. The minimum atomic E-state index is -0.276. The number of oxazole rings is 1. The summed E-state index contributed by atoms with van der Waals surface area (Å²) in [7, 11) is 0. The van der Waals surface area contributed by atoms with Crippen molar-refractivity contribution in [2.75, 3.05) is 13.1 Å². The summed E-state index contributed by atoms with van der Waals surface area (Å²) >= 11 is 0. The zero-order valence-corrected chi connectivity index (χ0v) is 10.4. The monoisotopic (exact) mass is 262 g/mol. The van der Waals surface area contributed by atoms with Crippen LogP contribution in [0.15, 0.2) is 34.9 Å². The van der Waals surface area contributed by atoms with E-state index in [1.54, 1.807) is 18.4 Å². The first-order chi connectivity index (χ1) is 9.20. The summed E-state index contributed by atoms with van der Waals surface area (Å²) in [5.74, 6) is 0.219. The van der Waals surface area contributed by atoms with Crippen LogP contribution < -0.4 is 0 Å². The molecule has 1 atom stereocenters. The number of rotatable bonds is 3. The van der Waals surface area contributed by atoms with Crippen molar-refractivity contribution >= 4 is 0 Å². The molecule has 1 saturated heterocycles. The number of β-amino-alcohol motifs (C(OH)–C–C–N with tert-alkyl or cyclic N) is 1. The number of aromatic nitrogens is 1. The van der Waals surface area contributed by atoms with Gasteiger partial charge in [-0.25, -0.2) is 9.37 Å². The van der Waals surface area contributed by atoms with Crippen molar-refractivity contribution < 1.29 is 13.9 Å². The maximum absolute atomic E-state index is 12.8. The molecule has 0 saturated carbocycles. The number of likely N-dealkylation sites (tertiary alicyclic amines) is 1. The lowest BCUT2D eigenvalue weighted by Gasteiger charge is -2.11. The summed E-state index contributed by atoms with van der Waals surface area (Å²) in [6.45, 7) is 2.22. The van der Waals surface area contributed by atoms with E-state index in [-0.39, 0.29) is 11.9 Å². The number of hydrogen-bond acceptors (Lipinski definition) is 4. The summed E-state index contributed by atoms with van der Waals surface area (Å²) in [5, 5.41) is 9.47. The lowest BCUT2D eigenvalue weighted by atomic mass is 10.2. The summed E-state index contributed by atoms with van der Waals surface area (Å²) in [4.78, 5) is 6.52. The average Bonchev–Trinajstić information content (AvgIpc) is 3.00. The number of aliphatic hydroxyl groups is 1. The first kappa shape index (κ1) is 12.3. The van der Waals surface area contributed by atoms with Gasteiger partial charge in [0.05, 0.1) is 11.8 Å². The van der Waals surface area contributed by atoms with E-state index < -0.39 is 0 Å². The van der Waals surface area contributed by atoms with E-state index in [1.165, 1.54) is 12.1 Å². The molecule has 1 N–H and O–H groups in total. The molecular weight excluding hydrogens is 247 g/mol. The molecule has 0 spiro atoms. The van der Waals surface area contributed by atoms with E-state index in [0.29, 0.717) is 19.0 Å². The van der Waals surface area contributed by atoms with Crippen molar-refractivity contribution in [2.24, 2.45) is 0 Å². The second-order valence-electron chi connectivity index (χ2n) is 4.83. The number of hydrogen-bond donors (Lipinski definition) is 1. The van der Waals surface area contributed by atoms with Crippen LogP contribution in [0.3, 0.4) is 0 Å². The molecule has 1 fully saturated rings. The van der Waals surface area contributed by atoms with Gasteiger partial charge in [-0.1, -0.05) is 0 Å². The van der Waals surface area contributed by atoms with Crippen LogP contribution in [0.1, 0.15) is 12.1 Å². The molecule has 4 nitrogen and oxygen atoms in total. The zero-order chi connectivity index (χ0) is 13.2. The minimum Gasteiger partial charge on any atom is -0.444 e. The second kappa shape index (κ2) is 5.11. The van der Waals surface area contributed by atoms with Crippen molar-refractivity contribution in [3.05, 3.63) is 42.0 Å². The maximum Gasteiger partial charge on any atom is 0.226 e. The van der Waals surface area contributed by atoms with Crippen molar-refractivity contribution in [2.45, 2.75) is 19.1 Å². The fraction of sp³-hybridized carbons (Fsp3) is 0.357. The van der Waals surface area contributed by atoms with Crippen molar-refractivity contribution in [3.63, 3.8) is 0 Å². The topological polar surface area (TPSA) is 49.5 Å². The molecule has 0 bridgehead atoms. The Morgan fingerprint density at radius 3 is 2.84 bits per heavy atom. The van der Waals surface area contributed by atoms with Gasteiger partial charge < -0.3 is 9.52 Å². The quantitative estimate of drug-likeness (QED) is 0.919. The lowest BCUT2D eigenvalue weighted by molar-refractivity contribution is 0.174. The van der Waals surface area contributed by atoms with E-state index in [2.05, 4.69) is 9.88 Å². The molecule has 0 radical (unpaired) electrons. The fourth-order valence-corrected chi connectivity index (χ4v) is 2.29. The fourth-order valence-electron chi connectivity index (χ4n) is 2.29.